The van der Waals surface area contributed by atoms with Crippen molar-refractivity contribution >= 4 is 34.8 Å². The Bertz CT molecular complexity index is 1290. The first-order valence-electron chi connectivity index (χ1n) is 9.65. The second-order valence-electron chi connectivity index (χ2n) is 6.94. The molecule has 0 fully saturated rings. The zero-order valence-electron chi connectivity index (χ0n) is 16.3. The molecular weight excluding hydrogens is 410 g/mol. The summed E-state index contributed by atoms with van der Waals surface area (Å²) in [7, 11) is 0. The van der Waals surface area contributed by atoms with Crippen molar-refractivity contribution in [2.45, 2.75) is 0 Å². The smallest absolute Gasteiger partial charge is 0.262 e. The Kier molecular flexibility index (Phi) is 4.93. The summed E-state index contributed by atoms with van der Waals surface area (Å²) in [6.07, 6.45) is 5.21. The van der Waals surface area contributed by atoms with E-state index >= 15 is 0 Å². The molecule has 1 aliphatic heterocycles. The quantitative estimate of drug-likeness (QED) is 0.366. The molecule has 0 atom stereocenters. The summed E-state index contributed by atoms with van der Waals surface area (Å²) in [4.78, 5) is 25.4. The van der Waals surface area contributed by atoms with Gasteiger partial charge in [-0.15, -0.1) is 11.3 Å². The lowest BCUT2D eigenvalue weighted by molar-refractivity contribution is -0.118. The molecule has 0 aliphatic carbocycles. The van der Waals surface area contributed by atoms with Crippen LogP contribution in [0.2, 0.25) is 0 Å². The molecular formula is C24H17N3O3S. The van der Waals surface area contributed by atoms with Gasteiger partial charge in [-0.1, -0.05) is 24.3 Å². The minimum Gasteiger partial charge on any atom is -0.482 e. The fourth-order valence-corrected chi connectivity index (χ4v) is 4.06. The van der Waals surface area contributed by atoms with E-state index in [1.165, 1.54) is 6.08 Å². The number of ketones is 1. The van der Waals surface area contributed by atoms with Crippen LogP contribution in [0.25, 0.3) is 22.3 Å². The first-order valence-corrected chi connectivity index (χ1v) is 10.5. The zero-order valence-corrected chi connectivity index (χ0v) is 17.1. The third kappa shape index (κ3) is 3.91. The number of thiophene rings is 1. The normalized spacial score (nSPS) is 13.0. The van der Waals surface area contributed by atoms with Gasteiger partial charge in [-0.25, -0.2) is 4.68 Å². The van der Waals surface area contributed by atoms with Gasteiger partial charge in [-0.3, -0.25) is 9.59 Å². The number of anilines is 1. The molecule has 0 saturated carbocycles. The summed E-state index contributed by atoms with van der Waals surface area (Å²) in [5.41, 5.74) is 3.57. The largest absolute Gasteiger partial charge is 0.482 e. The van der Waals surface area contributed by atoms with E-state index in [1.807, 2.05) is 58.7 Å². The summed E-state index contributed by atoms with van der Waals surface area (Å²) in [6, 6.07) is 18.8. The van der Waals surface area contributed by atoms with Crippen LogP contribution in [-0.2, 0) is 4.79 Å². The van der Waals surface area contributed by atoms with E-state index < -0.39 is 0 Å². The Morgan fingerprint density at radius 2 is 2.00 bits per heavy atom. The lowest BCUT2D eigenvalue weighted by atomic mass is 10.1. The highest BCUT2D eigenvalue weighted by Gasteiger charge is 2.17. The monoisotopic (exact) mass is 427 g/mol. The minimum absolute atomic E-state index is 0.0168. The Morgan fingerprint density at radius 3 is 2.81 bits per heavy atom. The number of carbonyl (C=O) groups is 2. The third-order valence-corrected chi connectivity index (χ3v) is 5.71. The average Bonchev–Trinajstić information content (AvgIpc) is 3.47. The molecule has 0 spiro atoms. The van der Waals surface area contributed by atoms with E-state index in [4.69, 9.17) is 9.84 Å². The maximum atomic E-state index is 12.8. The molecule has 1 aliphatic rings. The van der Waals surface area contributed by atoms with Crippen molar-refractivity contribution in [2.75, 3.05) is 11.9 Å². The summed E-state index contributed by atoms with van der Waals surface area (Å²) < 4.78 is 7.16. The van der Waals surface area contributed by atoms with Crippen LogP contribution >= 0.6 is 11.3 Å². The van der Waals surface area contributed by atoms with Gasteiger partial charge in [0.1, 0.15) is 11.4 Å². The predicted octanol–water partition coefficient (Wildman–Crippen LogP) is 4.83. The SMILES string of the molecule is O=C1COc2ccc(C(=O)/C=C/c3cn(-c4ccccc4)nc3-c3cccs3)cc2N1. The fourth-order valence-electron chi connectivity index (χ4n) is 3.33. The lowest BCUT2D eigenvalue weighted by Gasteiger charge is -2.17. The van der Waals surface area contributed by atoms with Gasteiger partial charge in [0.2, 0.25) is 0 Å². The van der Waals surface area contributed by atoms with Crippen LogP contribution in [0.4, 0.5) is 5.69 Å². The van der Waals surface area contributed by atoms with Crippen molar-refractivity contribution in [3.05, 3.63) is 89.4 Å². The second-order valence-corrected chi connectivity index (χ2v) is 7.88. The number of carbonyl (C=O) groups excluding carboxylic acids is 2. The Morgan fingerprint density at radius 1 is 1.13 bits per heavy atom. The van der Waals surface area contributed by atoms with E-state index in [0.29, 0.717) is 17.0 Å². The van der Waals surface area contributed by atoms with Gasteiger partial charge in [0.05, 0.1) is 16.3 Å². The summed E-state index contributed by atoms with van der Waals surface area (Å²) in [5, 5.41) is 9.47. The first-order chi connectivity index (χ1) is 15.2. The minimum atomic E-state index is -0.235. The van der Waals surface area contributed by atoms with Gasteiger partial charge in [-0.05, 0) is 53.9 Å². The van der Waals surface area contributed by atoms with Gasteiger partial charge in [-0.2, -0.15) is 5.10 Å². The van der Waals surface area contributed by atoms with Crippen molar-refractivity contribution in [1.29, 1.82) is 0 Å². The first kappa shape index (κ1) is 19.0. The van der Waals surface area contributed by atoms with Crippen LogP contribution < -0.4 is 10.1 Å². The second kappa shape index (κ2) is 8.04. The number of ether oxygens (including phenoxy) is 1. The van der Waals surface area contributed by atoms with E-state index in [2.05, 4.69) is 5.32 Å². The summed E-state index contributed by atoms with van der Waals surface area (Å²) in [6.45, 7) is -0.0168. The molecule has 4 aromatic rings. The number of hydrogen-bond donors (Lipinski definition) is 1. The number of nitrogens with one attached hydrogen (secondary N) is 1. The molecule has 7 heteroatoms. The molecule has 31 heavy (non-hydrogen) atoms. The van der Waals surface area contributed by atoms with E-state index in [0.717, 1.165) is 21.8 Å². The standard InChI is InChI=1S/C24H17N3O3S/c28-20(16-9-11-21-19(13-16)25-23(29)15-30-21)10-8-17-14-27(18-5-2-1-3-6-18)26-24(17)22-7-4-12-31-22/h1-14H,15H2,(H,25,29)/b10-8+. The molecule has 0 saturated heterocycles. The van der Waals surface area contributed by atoms with Gasteiger partial charge in [0.15, 0.2) is 12.4 Å². The highest BCUT2D eigenvalue weighted by molar-refractivity contribution is 7.13. The number of benzene rings is 2. The number of amides is 1. The number of nitrogens with zero attached hydrogens (tertiary/aromatic N) is 2. The van der Waals surface area contributed by atoms with Crippen LogP contribution in [0.15, 0.2) is 78.3 Å². The maximum absolute atomic E-state index is 12.8. The third-order valence-electron chi connectivity index (χ3n) is 4.83. The molecule has 1 amide bonds. The van der Waals surface area contributed by atoms with Crippen LogP contribution in [0, 0.1) is 0 Å². The Hall–Kier alpha value is -3.97. The van der Waals surface area contributed by atoms with Crippen LogP contribution in [0.1, 0.15) is 15.9 Å². The molecule has 0 bridgehead atoms. The van der Waals surface area contributed by atoms with Crippen molar-refractivity contribution in [3.8, 4) is 22.0 Å². The predicted molar refractivity (Wildman–Crippen MR) is 121 cm³/mol. The van der Waals surface area contributed by atoms with Crippen molar-refractivity contribution in [1.82, 2.24) is 9.78 Å². The highest BCUT2D eigenvalue weighted by Crippen LogP contribution is 2.30. The summed E-state index contributed by atoms with van der Waals surface area (Å²) in [5.74, 6) is 0.151. The van der Waals surface area contributed by atoms with Gasteiger partial charge >= 0.3 is 0 Å². The van der Waals surface area contributed by atoms with Crippen LogP contribution in [0.5, 0.6) is 5.75 Å². The molecule has 2 aromatic carbocycles. The Balaban J connectivity index is 1.46. The van der Waals surface area contributed by atoms with Gasteiger partial charge in [0, 0.05) is 17.3 Å². The van der Waals surface area contributed by atoms with E-state index in [-0.39, 0.29) is 18.3 Å². The Labute approximate surface area is 182 Å². The van der Waals surface area contributed by atoms with Gasteiger partial charge in [0.25, 0.3) is 5.91 Å². The lowest BCUT2D eigenvalue weighted by Crippen LogP contribution is -2.25. The van der Waals surface area contributed by atoms with Crippen molar-refractivity contribution in [2.24, 2.45) is 0 Å². The molecule has 152 valence electrons. The molecule has 0 unspecified atom stereocenters. The zero-order chi connectivity index (χ0) is 21.2. The van der Waals surface area contributed by atoms with E-state index in [1.54, 1.807) is 35.6 Å². The number of aromatic nitrogens is 2. The van der Waals surface area contributed by atoms with E-state index in [9.17, 15) is 9.59 Å². The molecule has 6 nitrogen and oxygen atoms in total. The number of hydrogen-bond acceptors (Lipinski definition) is 5. The number of fused-ring (bicyclic) bond motifs is 1. The van der Waals surface area contributed by atoms with Crippen LogP contribution in [-0.4, -0.2) is 28.1 Å². The topological polar surface area (TPSA) is 73.2 Å². The number of para-hydroxylation sites is 1. The fraction of sp³-hybridized carbons (Fsp3) is 0.0417. The molecule has 1 N–H and O–H groups in total. The number of rotatable bonds is 5. The molecule has 5 rings (SSSR count). The average molecular weight is 427 g/mol. The molecule has 0 radical (unpaired) electrons. The molecule has 2 aromatic heterocycles. The van der Waals surface area contributed by atoms with Gasteiger partial charge < -0.3 is 10.1 Å². The number of allylic oxidation sites excluding steroid dienone is 1. The highest BCUT2D eigenvalue weighted by atomic mass is 32.1. The maximum Gasteiger partial charge on any atom is 0.262 e. The summed E-state index contributed by atoms with van der Waals surface area (Å²) >= 11 is 1.60. The van der Waals surface area contributed by atoms with Crippen LogP contribution in [0.3, 0.4) is 0 Å². The van der Waals surface area contributed by atoms with Crippen molar-refractivity contribution < 1.29 is 14.3 Å². The molecule has 3 heterocycles. The van der Waals surface area contributed by atoms with Crippen molar-refractivity contribution in [3.63, 3.8) is 0 Å².